The second-order valence-electron chi connectivity index (χ2n) is 7.44. The van der Waals surface area contributed by atoms with E-state index in [1.807, 2.05) is 0 Å². The zero-order valence-corrected chi connectivity index (χ0v) is 18.7. The molecular weight excluding hydrogens is 475 g/mol. The van der Waals surface area contributed by atoms with Crippen LogP contribution in [0.25, 0.3) is 10.9 Å². The number of hydrogen-bond acceptors (Lipinski definition) is 6. The molecule has 0 aliphatic carbocycles. The normalized spacial score (nSPS) is 15.5. The molecule has 0 atom stereocenters. The third-order valence-corrected chi connectivity index (χ3v) is 6.85. The molecule has 3 heterocycles. The zero-order valence-electron chi connectivity index (χ0n) is 17.9. The van der Waals surface area contributed by atoms with Crippen LogP contribution >= 0.6 is 0 Å². The Bertz CT molecular complexity index is 1310. The highest BCUT2D eigenvalue weighted by Gasteiger charge is 2.31. The number of piperazine rings is 1. The lowest BCUT2D eigenvalue weighted by Crippen LogP contribution is -2.52. The number of aromatic nitrogens is 2. The molecule has 1 fully saturated rings. The van der Waals surface area contributed by atoms with E-state index in [9.17, 15) is 26.4 Å². The van der Waals surface area contributed by atoms with E-state index in [1.54, 1.807) is 35.2 Å². The molecule has 34 heavy (non-hydrogen) atoms. The molecule has 0 saturated carbocycles. The first-order chi connectivity index (χ1) is 16.1. The fourth-order valence-electron chi connectivity index (χ4n) is 3.44. The van der Waals surface area contributed by atoms with Crippen LogP contribution in [0.15, 0.2) is 48.7 Å². The number of amides is 1. The van der Waals surface area contributed by atoms with Crippen LogP contribution in [0.3, 0.4) is 0 Å². The van der Waals surface area contributed by atoms with Crippen LogP contribution in [-0.2, 0) is 16.4 Å². The van der Waals surface area contributed by atoms with Crippen LogP contribution in [0.1, 0.15) is 16.1 Å². The van der Waals surface area contributed by atoms with Crippen LogP contribution in [0.5, 0.6) is 11.6 Å². The summed E-state index contributed by atoms with van der Waals surface area (Å²) in [5.41, 5.74) is -0.129. The Kier molecular flexibility index (Phi) is 6.43. The van der Waals surface area contributed by atoms with Gasteiger partial charge in [0.25, 0.3) is 16.1 Å². The SMILES string of the molecule is CNS(=O)(=O)N1CCN(C(=O)c2ccc3cc(Oc4ccc(C(F)(F)F)cn4)ccc3n2)CC1. The van der Waals surface area contributed by atoms with Crippen LogP contribution in [-0.4, -0.2) is 66.7 Å². The summed E-state index contributed by atoms with van der Waals surface area (Å²) in [5, 5.41) is 0.658. The van der Waals surface area contributed by atoms with E-state index in [-0.39, 0.29) is 43.7 Å². The average Bonchev–Trinajstić information content (AvgIpc) is 2.83. The van der Waals surface area contributed by atoms with Gasteiger partial charge in [0.2, 0.25) is 5.88 Å². The lowest BCUT2D eigenvalue weighted by molar-refractivity contribution is -0.137. The fourth-order valence-corrected chi connectivity index (χ4v) is 4.34. The number of pyridine rings is 2. The molecule has 1 saturated heterocycles. The Morgan fingerprint density at radius 3 is 2.41 bits per heavy atom. The molecule has 3 aromatic rings. The number of fused-ring (bicyclic) bond motifs is 1. The standard InChI is InChI=1S/C21H20F3N5O4S/c1-25-34(31,32)29-10-8-28(9-11-29)20(30)18-5-2-14-12-16(4-6-17(14)27-18)33-19-7-3-15(13-26-19)21(22,23)24/h2-7,12-13,25H,8-11H2,1H3. The van der Waals surface area contributed by atoms with Gasteiger partial charge in [0.1, 0.15) is 11.4 Å². The van der Waals surface area contributed by atoms with E-state index >= 15 is 0 Å². The predicted octanol–water partition coefficient (Wildman–Crippen LogP) is 2.66. The Hall–Kier alpha value is -3.29. The molecule has 1 N–H and O–H groups in total. The molecule has 1 aromatic carbocycles. The van der Waals surface area contributed by atoms with Crippen molar-refractivity contribution in [1.29, 1.82) is 0 Å². The third-order valence-electron chi connectivity index (χ3n) is 5.29. The second-order valence-corrected chi connectivity index (χ2v) is 9.31. The molecule has 0 radical (unpaired) electrons. The molecule has 1 amide bonds. The Balaban J connectivity index is 1.45. The minimum atomic E-state index is -4.48. The zero-order chi connectivity index (χ0) is 24.5. The van der Waals surface area contributed by atoms with Crippen LogP contribution < -0.4 is 9.46 Å². The summed E-state index contributed by atoms with van der Waals surface area (Å²) in [6, 6.07) is 10.1. The molecule has 1 aliphatic rings. The van der Waals surface area contributed by atoms with Crippen molar-refractivity contribution in [2.24, 2.45) is 0 Å². The van der Waals surface area contributed by atoms with Crippen molar-refractivity contribution in [3.05, 3.63) is 59.9 Å². The van der Waals surface area contributed by atoms with Gasteiger partial charge in [0.05, 0.1) is 11.1 Å². The van der Waals surface area contributed by atoms with Gasteiger partial charge in [0, 0.05) is 50.9 Å². The highest BCUT2D eigenvalue weighted by Crippen LogP contribution is 2.30. The van der Waals surface area contributed by atoms with E-state index < -0.39 is 21.9 Å². The average molecular weight is 495 g/mol. The maximum absolute atomic E-state index is 12.8. The van der Waals surface area contributed by atoms with Crippen molar-refractivity contribution in [3.8, 4) is 11.6 Å². The lowest BCUT2D eigenvalue weighted by atomic mass is 10.2. The van der Waals surface area contributed by atoms with E-state index in [1.165, 1.54) is 11.4 Å². The summed E-state index contributed by atoms with van der Waals surface area (Å²) in [5.74, 6) is 0.0479. The molecule has 9 nitrogen and oxygen atoms in total. The highest BCUT2D eigenvalue weighted by atomic mass is 32.2. The molecule has 180 valence electrons. The van der Waals surface area contributed by atoms with Gasteiger partial charge in [0.15, 0.2) is 0 Å². The summed E-state index contributed by atoms with van der Waals surface area (Å²) in [4.78, 5) is 22.5. The quantitative estimate of drug-likeness (QED) is 0.584. The second kappa shape index (κ2) is 9.16. The van der Waals surface area contributed by atoms with Crippen molar-refractivity contribution < 1.29 is 31.1 Å². The van der Waals surface area contributed by atoms with Gasteiger partial charge in [-0.05, 0) is 30.3 Å². The van der Waals surface area contributed by atoms with E-state index in [0.29, 0.717) is 22.8 Å². The number of nitrogens with zero attached hydrogens (tertiary/aromatic N) is 4. The number of carbonyl (C=O) groups excluding carboxylic acids is 1. The maximum Gasteiger partial charge on any atom is 0.417 e. The topological polar surface area (TPSA) is 105 Å². The Labute approximate surface area is 193 Å². The van der Waals surface area contributed by atoms with E-state index in [2.05, 4.69) is 14.7 Å². The number of ether oxygens (including phenoxy) is 1. The minimum Gasteiger partial charge on any atom is -0.439 e. The van der Waals surface area contributed by atoms with Gasteiger partial charge in [-0.1, -0.05) is 6.07 Å². The molecule has 2 aromatic heterocycles. The molecular formula is C21H20F3N5O4S. The van der Waals surface area contributed by atoms with E-state index in [4.69, 9.17) is 4.74 Å². The van der Waals surface area contributed by atoms with Gasteiger partial charge >= 0.3 is 6.18 Å². The summed E-state index contributed by atoms with van der Waals surface area (Å²) in [6.45, 7) is 0.848. The summed E-state index contributed by atoms with van der Waals surface area (Å²) in [7, 11) is -2.20. The van der Waals surface area contributed by atoms with Gasteiger partial charge in [-0.2, -0.15) is 25.9 Å². The Morgan fingerprint density at radius 2 is 1.79 bits per heavy atom. The number of carbonyl (C=O) groups is 1. The van der Waals surface area contributed by atoms with Crippen molar-refractivity contribution in [2.45, 2.75) is 6.18 Å². The van der Waals surface area contributed by atoms with Gasteiger partial charge < -0.3 is 9.64 Å². The van der Waals surface area contributed by atoms with Gasteiger partial charge in [-0.15, -0.1) is 0 Å². The van der Waals surface area contributed by atoms with Gasteiger partial charge in [-0.3, -0.25) is 4.79 Å². The lowest BCUT2D eigenvalue weighted by Gasteiger charge is -2.33. The molecule has 0 bridgehead atoms. The summed E-state index contributed by atoms with van der Waals surface area (Å²) >= 11 is 0. The number of hydrogen-bond donors (Lipinski definition) is 1. The molecule has 13 heteroatoms. The number of rotatable bonds is 5. The first kappa shape index (κ1) is 23.9. The molecule has 0 spiro atoms. The number of benzene rings is 1. The number of alkyl halides is 3. The maximum atomic E-state index is 12.8. The van der Waals surface area contributed by atoms with Crippen LogP contribution in [0, 0.1) is 0 Å². The van der Waals surface area contributed by atoms with Crippen LogP contribution in [0.4, 0.5) is 13.2 Å². The first-order valence-corrected chi connectivity index (χ1v) is 11.6. The monoisotopic (exact) mass is 495 g/mol. The summed E-state index contributed by atoms with van der Waals surface area (Å²) < 4.78 is 70.8. The molecule has 4 rings (SSSR count). The van der Waals surface area contributed by atoms with Crippen LogP contribution in [0.2, 0.25) is 0 Å². The van der Waals surface area contributed by atoms with E-state index in [0.717, 1.165) is 12.1 Å². The molecule has 1 aliphatic heterocycles. The first-order valence-electron chi connectivity index (χ1n) is 10.2. The number of halogens is 3. The van der Waals surface area contributed by atoms with Gasteiger partial charge in [-0.25, -0.2) is 14.7 Å². The van der Waals surface area contributed by atoms with Crippen molar-refractivity contribution in [2.75, 3.05) is 33.2 Å². The van der Waals surface area contributed by atoms with Crippen molar-refractivity contribution in [1.82, 2.24) is 23.9 Å². The summed E-state index contributed by atoms with van der Waals surface area (Å²) in [6.07, 6.45) is -3.78. The molecule has 0 unspecified atom stereocenters. The smallest absolute Gasteiger partial charge is 0.417 e. The fraction of sp³-hybridized carbons (Fsp3) is 0.286. The largest absolute Gasteiger partial charge is 0.439 e. The highest BCUT2D eigenvalue weighted by molar-refractivity contribution is 7.87. The van der Waals surface area contributed by atoms with Crippen molar-refractivity contribution >= 4 is 27.0 Å². The third kappa shape index (κ3) is 5.11. The minimum absolute atomic E-state index is 0.00605. The van der Waals surface area contributed by atoms with Crippen molar-refractivity contribution in [3.63, 3.8) is 0 Å². The predicted molar refractivity (Wildman–Crippen MR) is 117 cm³/mol. The Morgan fingerprint density at radius 1 is 1.06 bits per heavy atom. The number of nitrogens with one attached hydrogen (secondary N) is 1.